The Bertz CT molecular complexity index is 1040. The predicted octanol–water partition coefficient (Wildman–Crippen LogP) is 4.50. The van der Waals surface area contributed by atoms with Gasteiger partial charge in [0.2, 0.25) is 0 Å². The molecule has 0 aliphatic carbocycles. The fourth-order valence-electron chi connectivity index (χ4n) is 3.52. The number of carbonyl (C=O) groups excluding carboxylic acids is 2. The van der Waals surface area contributed by atoms with Crippen LogP contribution in [0.4, 0.5) is 4.39 Å². The van der Waals surface area contributed by atoms with Crippen molar-refractivity contribution in [2.75, 3.05) is 7.11 Å². The largest absolute Gasteiger partial charge is 0.497 e. The Morgan fingerprint density at radius 2 is 1.55 bits per heavy atom. The van der Waals surface area contributed by atoms with E-state index in [0.29, 0.717) is 28.3 Å². The Kier molecular flexibility index (Phi) is 5.82. The summed E-state index contributed by atoms with van der Waals surface area (Å²) in [5.74, 6) is -0.0980. The molecular weight excluding hydrogens is 371 g/mol. The van der Waals surface area contributed by atoms with Crippen molar-refractivity contribution in [3.8, 4) is 5.75 Å². The van der Waals surface area contributed by atoms with Gasteiger partial charge in [0.05, 0.1) is 13.2 Å². The number of carbonyl (C=O) groups is 2. The van der Waals surface area contributed by atoms with Crippen molar-refractivity contribution in [2.45, 2.75) is 26.8 Å². The number of rotatable bonds is 6. The van der Waals surface area contributed by atoms with Crippen LogP contribution in [0.25, 0.3) is 0 Å². The molecule has 2 aromatic carbocycles. The highest BCUT2D eigenvalue weighted by Crippen LogP contribution is 2.26. The van der Waals surface area contributed by atoms with Crippen LogP contribution in [0.2, 0.25) is 0 Å². The van der Waals surface area contributed by atoms with Crippen LogP contribution >= 0.6 is 0 Å². The van der Waals surface area contributed by atoms with Crippen LogP contribution in [-0.4, -0.2) is 23.8 Å². The molecule has 1 aromatic heterocycles. The zero-order chi connectivity index (χ0) is 21.1. The number of methoxy groups -OCH3 is 1. The first-order valence-electron chi connectivity index (χ1n) is 9.22. The van der Waals surface area contributed by atoms with Gasteiger partial charge in [-0.25, -0.2) is 4.39 Å². The Labute approximate surface area is 168 Å². The molecule has 2 N–H and O–H groups in total. The van der Waals surface area contributed by atoms with E-state index in [-0.39, 0.29) is 17.5 Å². The summed E-state index contributed by atoms with van der Waals surface area (Å²) in [6.07, 6.45) is 0. The molecule has 6 heteroatoms. The number of hydrogen-bond donors (Lipinski definition) is 2. The maximum absolute atomic E-state index is 13.4. The minimum absolute atomic E-state index is 0.0967. The lowest BCUT2D eigenvalue weighted by molar-refractivity contribution is 0.0937. The van der Waals surface area contributed by atoms with Gasteiger partial charge in [0.1, 0.15) is 17.3 Å². The van der Waals surface area contributed by atoms with Gasteiger partial charge in [-0.15, -0.1) is 0 Å². The fraction of sp³-hybridized carbons (Fsp3) is 0.217. The van der Waals surface area contributed by atoms with Crippen molar-refractivity contribution < 1.29 is 18.7 Å². The number of nitrogens with one attached hydrogen (secondary N) is 2. The Morgan fingerprint density at radius 3 is 2.03 bits per heavy atom. The smallest absolute Gasteiger partial charge is 0.268 e. The molecule has 1 unspecified atom stereocenters. The second-order valence-corrected chi connectivity index (χ2v) is 6.91. The zero-order valence-corrected chi connectivity index (χ0v) is 16.8. The van der Waals surface area contributed by atoms with Crippen molar-refractivity contribution in [2.24, 2.45) is 0 Å². The average molecular weight is 394 g/mol. The first-order valence-corrected chi connectivity index (χ1v) is 9.22. The van der Waals surface area contributed by atoms with Gasteiger partial charge in [-0.3, -0.25) is 9.59 Å². The minimum atomic E-state index is -0.502. The van der Waals surface area contributed by atoms with E-state index in [1.807, 2.05) is 12.1 Å². The number of aromatic nitrogens is 1. The second kappa shape index (κ2) is 8.31. The molecule has 0 fully saturated rings. The quantitative estimate of drug-likeness (QED) is 0.605. The molecule has 1 amide bonds. The fourth-order valence-corrected chi connectivity index (χ4v) is 3.52. The third kappa shape index (κ3) is 4.21. The van der Waals surface area contributed by atoms with Crippen molar-refractivity contribution in [1.82, 2.24) is 10.3 Å². The second-order valence-electron chi connectivity index (χ2n) is 6.91. The number of hydrogen-bond acceptors (Lipinski definition) is 3. The maximum Gasteiger partial charge on any atom is 0.268 e. The molecular formula is C23H23FN2O3. The molecule has 0 saturated heterocycles. The molecule has 5 nitrogen and oxygen atoms in total. The van der Waals surface area contributed by atoms with Crippen LogP contribution in [0, 0.1) is 19.7 Å². The van der Waals surface area contributed by atoms with E-state index in [0.717, 1.165) is 11.1 Å². The lowest BCUT2D eigenvalue weighted by atomic mass is 9.98. The highest BCUT2D eigenvalue weighted by molar-refractivity contribution is 6.02. The van der Waals surface area contributed by atoms with Crippen molar-refractivity contribution in [3.05, 3.63) is 88.0 Å². The number of aryl methyl sites for hydroxylation is 1. The van der Waals surface area contributed by atoms with Crippen molar-refractivity contribution in [1.29, 1.82) is 0 Å². The van der Waals surface area contributed by atoms with Crippen molar-refractivity contribution in [3.63, 3.8) is 0 Å². The molecule has 0 spiro atoms. The molecule has 1 atom stereocenters. The SMILES string of the molecule is COc1ccc(C(NC(=O)c2[nH]c(C)c(C(C)=O)c2C)c2ccc(F)cc2)cc1. The Morgan fingerprint density at radius 1 is 1.00 bits per heavy atom. The van der Waals surface area contributed by atoms with Crippen LogP contribution in [0.15, 0.2) is 48.5 Å². The summed E-state index contributed by atoms with van der Waals surface area (Å²) in [6.45, 7) is 4.99. The molecule has 29 heavy (non-hydrogen) atoms. The summed E-state index contributed by atoms with van der Waals surface area (Å²) in [6, 6.07) is 12.8. The van der Waals surface area contributed by atoms with Crippen LogP contribution in [-0.2, 0) is 0 Å². The standard InChI is InChI=1S/C23H23FN2O3/c1-13-20(15(3)27)14(2)25-21(13)23(28)26-22(16-5-9-18(24)10-6-16)17-7-11-19(29-4)12-8-17/h5-12,22,25H,1-4H3,(H,26,28). The number of halogens is 1. The average Bonchev–Trinajstić information content (AvgIpc) is 3.01. The number of aromatic amines is 1. The van der Waals surface area contributed by atoms with E-state index < -0.39 is 6.04 Å². The first kappa shape index (κ1) is 20.3. The molecule has 3 rings (SSSR count). The van der Waals surface area contributed by atoms with Gasteiger partial charge < -0.3 is 15.0 Å². The Hall–Kier alpha value is -3.41. The molecule has 150 valence electrons. The monoisotopic (exact) mass is 394 g/mol. The number of benzene rings is 2. The van der Waals surface area contributed by atoms with Crippen LogP contribution in [0.1, 0.15) is 56.2 Å². The van der Waals surface area contributed by atoms with E-state index in [4.69, 9.17) is 4.74 Å². The molecule has 0 bridgehead atoms. The topological polar surface area (TPSA) is 71.2 Å². The van der Waals surface area contributed by atoms with Gasteiger partial charge in [0.25, 0.3) is 5.91 Å². The van der Waals surface area contributed by atoms with E-state index >= 15 is 0 Å². The molecule has 0 saturated carbocycles. The normalized spacial score (nSPS) is 11.8. The van der Waals surface area contributed by atoms with Crippen LogP contribution < -0.4 is 10.1 Å². The molecule has 0 aliphatic rings. The summed E-state index contributed by atoms with van der Waals surface area (Å²) >= 11 is 0. The maximum atomic E-state index is 13.4. The summed E-state index contributed by atoms with van der Waals surface area (Å²) in [5, 5.41) is 3.00. The number of ether oxygens (including phenoxy) is 1. The van der Waals surface area contributed by atoms with Crippen LogP contribution in [0.3, 0.4) is 0 Å². The minimum Gasteiger partial charge on any atom is -0.497 e. The summed E-state index contributed by atoms with van der Waals surface area (Å²) < 4.78 is 18.6. The van der Waals surface area contributed by atoms with Crippen molar-refractivity contribution >= 4 is 11.7 Å². The van der Waals surface area contributed by atoms with E-state index in [2.05, 4.69) is 10.3 Å². The van der Waals surface area contributed by atoms with Gasteiger partial charge in [-0.05, 0) is 61.7 Å². The van der Waals surface area contributed by atoms with E-state index in [1.54, 1.807) is 45.2 Å². The Balaban J connectivity index is 1.98. The zero-order valence-electron chi connectivity index (χ0n) is 16.8. The third-order valence-electron chi connectivity index (χ3n) is 4.94. The van der Waals surface area contributed by atoms with Crippen LogP contribution in [0.5, 0.6) is 5.75 Å². The summed E-state index contributed by atoms with van der Waals surface area (Å²) in [4.78, 5) is 27.9. The molecule has 3 aromatic rings. The third-order valence-corrected chi connectivity index (χ3v) is 4.94. The van der Waals surface area contributed by atoms with Gasteiger partial charge in [-0.2, -0.15) is 0 Å². The van der Waals surface area contributed by atoms with Gasteiger partial charge in [0, 0.05) is 11.3 Å². The highest BCUT2D eigenvalue weighted by atomic mass is 19.1. The molecule has 1 heterocycles. The van der Waals surface area contributed by atoms with Gasteiger partial charge >= 0.3 is 0 Å². The van der Waals surface area contributed by atoms with E-state index in [9.17, 15) is 14.0 Å². The van der Waals surface area contributed by atoms with Gasteiger partial charge in [0.15, 0.2) is 5.78 Å². The number of H-pyrrole nitrogens is 1. The molecule has 0 aliphatic heterocycles. The first-order chi connectivity index (χ1) is 13.8. The lowest BCUT2D eigenvalue weighted by Gasteiger charge is -2.20. The number of Topliss-reactive ketones (excluding diaryl/α,β-unsaturated/α-hetero) is 1. The number of amides is 1. The lowest BCUT2D eigenvalue weighted by Crippen LogP contribution is -2.30. The summed E-state index contributed by atoms with van der Waals surface area (Å²) in [7, 11) is 1.58. The van der Waals surface area contributed by atoms with E-state index in [1.165, 1.54) is 19.1 Å². The highest BCUT2D eigenvalue weighted by Gasteiger charge is 2.23. The van der Waals surface area contributed by atoms with Gasteiger partial charge in [-0.1, -0.05) is 24.3 Å². The summed E-state index contributed by atoms with van der Waals surface area (Å²) in [5.41, 5.74) is 3.69. The number of ketones is 1. The molecule has 0 radical (unpaired) electrons. The predicted molar refractivity (Wildman–Crippen MR) is 109 cm³/mol.